The number of carbonyl (C=O) groups is 2. The van der Waals surface area contributed by atoms with Gasteiger partial charge in [-0.1, -0.05) is 6.07 Å². The number of carboxylic acids is 1. The molecule has 11 nitrogen and oxygen atoms in total. The number of benzene rings is 1. The summed E-state index contributed by atoms with van der Waals surface area (Å²) in [6.07, 6.45) is 2.98. The number of anilines is 1. The number of ether oxygens (including phenoxy) is 2. The average molecular weight is 460 g/mol. The minimum Gasteiger partial charge on any atom is -0.495 e. The molecule has 0 atom stereocenters. The van der Waals surface area contributed by atoms with Crippen LogP contribution < -0.4 is 14.8 Å². The van der Waals surface area contributed by atoms with Crippen LogP contribution in [0.1, 0.15) is 16.9 Å². The Morgan fingerprint density at radius 3 is 2.74 bits per heavy atom. The first-order valence-corrected chi connectivity index (χ1v) is 10.2. The molecule has 0 aliphatic rings. The standard InChI is InChI=1S/C23H20N6O5/c1-33-19-13-14(22-24-10-8-20(28-22)34-12-9-21(30)31)5-6-17(19)27-23(32)18-4-2-3-15(26-18)16-7-11-25-29-16/h2-8,10-11,13H,9,12H2,1H3,(H,25,29)(H,27,32)(H,30,31). The van der Waals surface area contributed by atoms with Gasteiger partial charge in [0.1, 0.15) is 18.1 Å². The first kappa shape index (κ1) is 22.4. The molecule has 3 aromatic heterocycles. The number of pyridine rings is 1. The highest BCUT2D eigenvalue weighted by molar-refractivity contribution is 6.04. The van der Waals surface area contributed by atoms with E-state index in [2.05, 4.69) is 30.5 Å². The van der Waals surface area contributed by atoms with Crippen molar-refractivity contribution in [2.45, 2.75) is 6.42 Å². The zero-order valence-corrected chi connectivity index (χ0v) is 18.1. The molecule has 0 fully saturated rings. The van der Waals surface area contributed by atoms with Crippen LogP contribution in [0.25, 0.3) is 22.8 Å². The van der Waals surface area contributed by atoms with Gasteiger partial charge in [-0.05, 0) is 36.4 Å². The molecule has 0 aliphatic heterocycles. The van der Waals surface area contributed by atoms with Crippen molar-refractivity contribution in [3.63, 3.8) is 0 Å². The summed E-state index contributed by atoms with van der Waals surface area (Å²) in [6, 6.07) is 13.5. The number of nitrogens with zero attached hydrogens (tertiary/aromatic N) is 4. The summed E-state index contributed by atoms with van der Waals surface area (Å²) in [5, 5.41) is 18.3. The van der Waals surface area contributed by atoms with Gasteiger partial charge in [-0.3, -0.25) is 14.7 Å². The first-order valence-electron chi connectivity index (χ1n) is 10.2. The topological polar surface area (TPSA) is 152 Å². The van der Waals surface area contributed by atoms with Crippen LogP contribution in [0.3, 0.4) is 0 Å². The van der Waals surface area contributed by atoms with Crippen molar-refractivity contribution >= 4 is 17.6 Å². The van der Waals surface area contributed by atoms with Crippen LogP contribution in [0.5, 0.6) is 11.6 Å². The number of methoxy groups -OCH3 is 1. The van der Waals surface area contributed by atoms with Crippen LogP contribution in [0.15, 0.2) is 60.9 Å². The van der Waals surface area contributed by atoms with E-state index in [0.29, 0.717) is 34.2 Å². The van der Waals surface area contributed by atoms with Gasteiger partial charge in [-0.15, -0.1) is 0 Å². The number of aromatic amines is 1. The highest BCUT2D eigenvalue weighted by Crippen LogP contribution is 2.30. The van der Waals surface area contributed by atoms with E-state index in [4.69, 9.17) is 14.6 Å². The molecule has 172 valence electrons. The zero-order chi connectivity index (χ0) is 23.9. The fraction of sp³-hybridized carbons (Fsp3) is 0.130. The normalized spacial score (nSPS) is 10.5. The monoisotopic (exact) mass is 460 g/mol. The molecule has 3 heterocycles. The van der Waals surface area contributed by atoms with E-state index in [1.54, 1.807) is 54.7 Å². The molecular formula is C23H20N6O5. The van der Waals surface area contributed by atoms with Crippen LogP contribution in [0.2, 0.25) is 0 Å². The SMILES string of the molecule is COc1cc(-c2nccc(OCCC(=O)O)n2)ccc1NC(=O)c1cccc(-c2ccn[nH]2)n1. The lowest BCUT2D eigenvalue weighted by atomic mass is 10.1. The van der Waals surface area contributed by atoms with E-state index in [9.17, 15) is 9.59 Å². The number of aliphatic carboxylic acids is 1. The second-order valence-corrected chi connectivity index (χ2v) is 6.96. The van der Waals surface area contributed by atoms with Gasteiger partial charge in [-0.25, -0.2) is 9.97 Å². The molecular weight excluding hydrogens is 440 g/mol. The van der Waals surface area contributed by atoms with Gasteiger partial charge in [0.2, 0.25) is 5.88 Å². The maximum absolute atomic E-state index is 12.8. The maximum atomic E-state index is 12.8. The minimum atomic E-state index is -0.958. The predicted molar refractivity (Wildman–Crippen MR) is 122 cm³/mol. The smallest absolute Gasteiger partial charge is 0.306 e. The third kappa shape index (κ3) is 5.33. The fourth-order valence-electron chi connectivity index (χ4n) is 3.03. The Morgan fingerprint density at radius 1 is 1.09 bits per heavy atom. The molecule has 1 aromatic carbocycles. The van der Waals surface area contributed by atoms with Gasteiger partial charge in [0.25, 0.3) is 5.91 Å². The summed E-state index contributed by atoms with van der Waals surface area (Å²) in [4.78, 5) is 36.4. The third-order valence-corrected chi connectivity index (χ3v) is 4.66. The number of carboxylic acid groups (broad SMARTS) is 1. The lowest BCUT2D eigenvalue weighted by Gasteiger charge is -2.12. The highest BCUT2D eigenvalue weighted by atomic mass is 16.5. The molecule has 0 bridgehead atoms. The summed E-state index contributed by atoms with van der Waals surface area (Å²) in [7, 11) is 1.48. The summed E-state index contributed by atoms with van der Waals surface area (Å²) < 4.78 is 10.8. The second-order valence-electron chi connectivity index (χ2n) is 6.96. The second kappa shape index (κ2) is 10.2. The lowest BCUT2D eigenvalue weighted by molar-refractivity contribution is -0.137. The Balaban J connectivity index is 1.51. The van der Waals surface area contributed by atoms with Gasteiger partial charge in [-0.2, -0.15) is 10.1 Å². The summed E-state index contributed by atoms with van der Waals surface area (Å²) >= 11 is 0. The van der Waals surface area contributed by atoms with Crippen LogP contribution in [-0.2, 0) is 4.79 Å². The molecule has 0 aliphatic carbocycles. The highest BCUT2D eigenvalue weighted by Gasteiger charge is 2.14. The summed E-state index contributed by atoms with van der Waals surface area (Å²) in [6.45, 7) is -0.00428. The number of hydrogen-bond acceptors (Lipinski definition) is 8. The molecule has 3 N–H and O–H groups in total. The van der Waals surface area contributed by atoms with Crippen molar-refractivity contribution in [2.75, 3.05) is 19.0 Å². The molecule has 11 heteroatoms. The quantitative estimate of drug-likeness (QED) is 0.342. The van der Waals surface area contributed by atoms with Crippen molar-refractivity contribution in [3.8, 4) is 34.4 Å². The Hall–Kier alpha value is -4.80. The Morgan fingerprint density at radius 2 is 1.97 bits per heavy atom. The molecule has 0 spiro atoms. The number of nitrogens with one attached hydrogen (secondary N) is 2. The van der Waals surface area contributed by atoms with E-state index in [1.165, 1.54) is 13.3 Å². The Labute approximate surface area is 193 Å². The first-order chi connectivity index (χ1) is 16.5. The fourth-order valence-corrected chi connectivity index (χ4v) is 3.03. The van der Waals surface area contributed by atoms with Crippen LogP contribution in [0, 0.1) is 0 Å². The van der Waals surface area contributed by atoms with E-state index >= 15 is 0 Å². The Bertz CT molecular complexity index is 1310. The van der Waals surface area contributed by atoms with Gasteiger partial charge in [0.15, 0.2) is 5.82 Å². The molecule has 4 rings (SSSR count). The van der Waals surface area contributed by atoms with Crippen LogP contribution in [0.4, 0.5) is 5.69 Å². The van der Waals surface area contributed by atoms with Crippen LogP contribution >= 0.6 is 0 Å². The summed E-state index contributed by atoms with van der Waals surface area (Å²) in [5.41, 5.74) is 2.59. The largest absolute Gasteiger partial charge is 0.495 e. The van der Waals surface area contributed by atoms with Gasteiger partial charge in [0.05, 0.1) is 30.6 Å². The molecule has 34 heavy (non-hydrogen) atoms. The number of rotatable bonds is 9. The third-order valence-electron chi connectivity index (χ3n) is 4.66. The lowest BCUT2D eigenvalue weighted by Crippen LogP contribution is -2.14. The van der Waals surface area contributed by atoms with Crippen molar-refractivity contribution in [1.82, 2.24) is 25.1 Å². The van der Waals surface area contributed by atoms with Crippen molar-refractivity contribution < 1.29 is 24.2 Å². The number of amides is 1. The maximum Gasteiger partial charge on any atom is 0.306 e. The van der Waals surface area contributed by atoms with Gasteiger partial charge >= 0.3 is 5.97 Å². The number of hydrogen-bond donors (Lipinski definition) is 3. The predicted octanol–water partition coefficient (Wildman–Crippen LogP) is 3.04. The zero-order valence-electron chi connectivity index (χ0n) is 18.1. The van der Waals surface area contributed by atoms with E-state index in [0.717, 1.165) is 0 Å². The van der Waals surface area contributed by atoms with Gasteiger partial charge in [0, 0.05) is 24.0 Å². The Kier molecular flexibility index (Phi) is 6.73. The minimum absolute atomic E-state index is 0.00428. The van der Waals surface area contributed by atoms with Gasteiger partial charge < -0.3 is 19.9 Å². The molecule has 0 saturated carbocycles. The molecule has 0 saturated heterocycles. The molecule has 0 unspecified atom stereocenters. The van der Waals surface area contributed by atoms with Crippen LogP contribution in [-0.4, -0.2) is 55.8 Å². The van der Waals surface area contributed by atoms with E-state index < -0.39 is 11.9 Å². The van der Waals surface area contributed by atoms with Crippen molar-refractivity contribution in [2.24, 2.45) is 0 Å². The van der Waals surface area contributed by atoms with E-state index in [1.807, 2.05) is 0 Å². The number of aromatic nitrogens is 5. The summed E-state index contributed by atoms with van der Waals surface area (Å²) in [5.74, 6) is -0.350. The molecule has 4 aromatic rings. The van der Waals surface area contributed by atoms with Crippen molar-refractivity contribution in [1.29, 1.82) is 0 Å². The molecule has 1 amide bonds. The number of H-pyrrole nitrogens is 1. The van der Waals surface area contributed by atoms with E-state index in [-0.39, 0.29) is 24.6 Å². The molecule has 0 radical (unpaired) electrons. The van der Waals surface area contributed by atoms with Crippen molar-refractivity contribution in [3.05, 3.63) is 66.6 Å². The average Bonchev–Trinajstić information content (AvgIpc) is 3.39. The number of carbonyl (C=O) groups excluding carboxylic acids is 1.